The number of rotatable bonds is 6. The van der Waals surface area contributed by atoms with Crippen LogP contribution in [0.1, 0.15) is 32.3 Å². The Labute approximate surface area is 172 Å². The van der Waals surface area contributed by atoms with Gasteiger partial charge in [0.15, 0.2) is 0 Å². The highest BCUT2D eigenvalue weighted by molar-refractivity contribution is 7.92. The van der Waals surface area contributed by atoms with Gasteiger partial charge in [0.25, 0.3) is 0 Å². The Kier molecular flexibility index (Phi) is 6.82. The first-order chi connectivity index (χ1) is 13.9. The molecule has 0 aliphatic carbocycles. The molecule has 0 spiro atoms. The minimum atomic E-state index is -3.50. The van der Waals surface area contributed by atoms with Crippen LogP contribution in [0.3, 0.4) is 0 Å². The zero-order valence-electron chi connectivity index (χ0n) is 16.8. The fourth-order valence-corrected chi connectivity index (χ4v) is 4.77. The third-order valence-electron chi connectivity index (χ3n) is 5.07. The molecule has 154 valence electrons. The highest BCUT2D eigenvalue weighted by Crippen LogP contribution is 2.26. The number of aromatic nitrogens is 1. The van der Waals surface area contributed by atoms with E-state index in [4.69, 9.17) is 0 Å². The van der Waals surface area contributed by atoms with Crippen LogP contribution in [0.25, 0.3) is 6.08 Å². The van der Waals surface area contributed by atoms with Crippen molar-refractivity contribution in [2.45, 2.75) is 32.7 Å². The summed E-state index contributed by atoms with van der Waals surface area (Å²) in [6.07, 6.45) is 6.00. The molecule has 1 aromatic heterocycles. The molecule has 1 fully saturated rings. The van der Waals surface area contributed by atoms with Crippen LogP contribution in [0, 0.1) is 5.92 Å². The summed E-state index contributed by atoms with van der Waals surface area (Å²) in [6.45, 7) is 4.63. The van der Waals surface area contributed by atoms with Gasteiger partial charge in [-0.15, -0.1) is 0 Å². The van der Waals surface area contributed by atoms with Crippen molar-refractivity contribution in [2.75, 3.05) is 18.0 Å². The summed E-state index contributed by atoms with van der Waals surface area (Å²) < 4.78 is 26.7. The predicted molar refractivity (Wildman–Crippen MR) is 116 cm³/mol. The molecule has 2 aromatic rings. The number of piperidine rings is 1. The SMILES string of the molecule is CC(C)N(C(=O)C1CCN(S(=O)(=O)/C=C/c2ccccc2)CC1)c1cccnc1. The van der Waals surface area contributed by atoms with Crippen LogP contribution in [0.2, 0.25) is 0 Å². The lowest BCUT2D eigenvalue weighted by Gasteiger charge is -2.34. The first-order valence-electron chi connectivity index (χ1n) is 9.85. The van der Waals surface area contributed by atoms with Crippen molar-refractivity contribution in [1.82, 2.24) is 9.29 Å². The molecule has 0 bridgehead atoms. The lowest BCUT2D eigenvalue weighted by Crippen LogP contribution is -2.46. The summed E-state index contributed by atoms with van der Waals surface area (Å²) in [6, 6.07) is 13.0. The number of carbonyl (C=O) groups excluding carboxylic acids is 1. The Hall–Kier alpha value is -2.51. The Morgan fingerprint density at radius 1 is 1.14 bits per heavy atom. The normalized spacial score (nSPS) is 16.4. The van der Waals surface area contributed by atoms with Gasteiger partial charge >= 0.3 is 0 Å². The standard InChI is InChI=1S/C22H27N3O3S/c1-18(2)25(21-9-6-13-23-17-21)22(26)20-10-14-24(15-11-20)29(27,28)16-12-19-7-4-3-5-8-19/h3-9,12-13,16-18,20H,10-11,14-15H2,1-2H3/b16-12+. The molecule has 6 nitrogen and oxygen atoms in total. The zero-order valence-corrected chi connectivity index (χ0v) is 17.6. The topological polar surface area (TPSA) is 70.6 Å². The fraction of sp³-hybridized carbons (Fsp3) is 0.364. The van der Waals surface area contributed by atoms with Crippen molar-refractivity contribution in [3.63, 3.8) is 0 Å². The third kappa shape index (κ3) is 5.31. The van der Waals surface area contributed by atoms with E-state index in [0.29, 0.717) is 25.9 Å². The molecular formula is C22H27N3O3S. The van der Waals surface area contributed by atoms with Crippen LogP contribution in [0.4, 0.5) is 5.69 Å². The molecule has 1 aliphatic rings. The molecule has 0 radical (unpaired) electrons. The van der Waals surface area contributed by atoms with Crippen LogP contribution in [0.5, 0.6) is 0 Å². The zero-order chi connectivity index (χ0) is 20.9. The number of hydrogen-bond acceptors (Lipinski definition) is 4. The second kappa shape index (κ2) is 9.33. The molecule has 0 atom stereocenters. The van der Waals surface area contributed by atoms with E-state index < -0.39 is 10.0 Å². The minimum absolute atomic E-state index is 0.00210. The first-order valence-corrected chi connectivity index (χ1v) is 11.3. The molecule has 2 heterocycles. The van der Waals surface area contributed by atoms with Crippen LogP contribution in [-0.4, -0.2) is 42.7 Å². The fourth-order valence-electron chi connectivity index (χ4n) is 3.54. The Balaban J connectivity index is 1.65. The Morgan fingerprint density at radius 3 is 2.41 bits per heavy atom. The largest absolute Gasteiger partial charge is 0.308 e. The van der Waals surface area contributed by atoms with Crippen molar-refractivity contribution in [3.05, 3.63) is 65.8 Å². The summed E-state index contributed by atoms with van der Waals surface area (Å²) >= 11 is 0. The molecule has 1 aromatic carbocycles. The lowest BCUT2D eigenvalue weighted by molar-refractivity contribution is -0.123. The summed E-state index contributed by atoms with van der Waals surface area (Å²) in [5.74, 6) is -0.160. The van der Waals surface area contributed by atoms with E-state index in [2.05, 4.69) is 4.98 Å². The Morgan fingerprint density at radius 2 is 1.83 bits per heavy atom. The van der Waals surface area contributed by atoms with Gasteiger partial charge < -0.3 is 4.90 Å². The maximum atomic E-state index is 13.1. The van der Waals surface area contributed by atoms with Crippen molar-refractivity contribution in [3.8, 4) is 0 Å². The highest BCUT2D eigenvalue weighted by atomic mass is 32.2. The van der Waals surface area contributed by atoms with Gasteiger partial charge in [-0.25, -0.2) is 8.42 Å². The lowest BCUT2D eigenvalue weighted by atomic mass is 9.95. The van der Waals surface area contributed by atoms with E-state index in [9.17, 15) is 13.2 Å². The summed E-state index contributed by atoms with van der Waals surface area (Å²) in [5.41, 5.74) is 1.61. The van der Waals surface area contributed by atoms with Crippen LogP contribution >= 0.6 is 0 Å². The van der Waals surface area contributed by atoms with Gasteiger partial charge in [0.05, 0.1) is 11.9 Å². The third-order valence-corrected chi connectivity index (χ3v) is 6.64. The maximum Gasteiger partial charge on any atom is 0.236 e. The molecule has 29 heavy (non-hydrogen) atoms. The molecule has 7 heteroatoms. The number of hydrogen-bond donors (Lipinski definition) is 0. The van der Waals surface area contributed by atoms with Gasteiger partial charge in [0.1, 0.15) is 0 Å². The van der Waals surface area contributed by atoms with E-state index in [1.165, 1.54) is 9.71 Å². The minimum Gasteiger partial charge on any atom is -0.308 e. The van der Waals surface area contributed by atoms with Crippen molar-refractivity contribution >= 4 is 27.7 Å². The molecular weight excluding hydrogens is 386 g/mol. The molecule has 1 amide bonds. The van der Waals surface area contributed by atoms with E-state index in [1.807, 2.05) is 56.3 Å². The van der Waals surface area contributed by atoms with E-state index in [-0.39, 0.29) is 17.9 Å². The van der Waals surface area contributed by atoms with Crippen LogP contribution in [0.15, 0.2) is 60.3 Å². The summed E-state index contributed by atoms with van der Waals surface area (Å²) in [5, 5.41) is 1.25. The van der Waals surface area contributed by atoms with Crippen LogP contribution in [-0.2, 0) is 14.8 Å². The molecule has 0 N–H and O–H groups in total. The average Bonchev–Trinajstić information content (AvgIpc) is 2.74. The molecule has 1 aliphatic heterocycles. The summed E-state index contributed by atoms with van der Waals surface area (Å²) in [4.78, 5) is 19.0. The van der Waals surface area contributed by atoms with Gasteiger partial charge in [0, 0.05) is 36.7 Å². The van der Waals surface area contributed by atoms with Gasteiger partial charge in [-0.2, -0.15) is 4.31 Å². The predicted octanol–water partition coefficient (Wildman–Crippen LogP) is 3.54. The summed E-state index contributed by atoms with van der Waals surface area (Å²) in [7, 11) is -3.50. The average molecular weight is 414 g/mol. The molecule has 0 unspecified atom stereocenters. The number of nitrogens with zero attached hydrogens (tertiary/aromatic N) is 3. The Bertz CT molecular complexity index is 936. The van der Waals surface area contributed by atoms with E-state index in [1.54, 1.807) is 23.4 Å². The number of amides is 1. The van der Waals surface area contributed by atoms with E-state index in [0.717, 1.165) is 11.3 Å². The highest BCUT2D eigenvalue weighted by Gasteiger charge is 2.33. The maximum absolute atomic E-state index is 13.1. The van der Waals surface area contributed by atoms with Crippen molar-refractivity contribution in [2.24, 2.45) is 5.92 Å². The number of benzene rings is 1. The van der Waals surface area contributed by atoms with Gasteiger partial charge in [-0.05, 0) is 50.5 Å². The van der Waals surface area contributed by atoms with Crippen molar-refractivity contribution < 1.29 is 13.2 Å². The molecule has 0 saturated carbocycles. The number of sulfonamides is 1. The van der Waals surface area contributed by atoms with Crippen molar-refractivity contribution in [1.29, 1.82) is 0 Å². The van der Waals surface area contributed by atoms with Gasteiger partial charge in [-0.1, -0.05) is 30.3 Å². The number of carbonyl (C=O) groups is 1. The van der Waals surface area contributed by atoms with E-state index >= 15 is 0 Å². The van der Waals surface area contributed by atoms with Gasteiger partial charge in [0.2, 0.25) is 15.9 Å². The second-order valence-electron chi connectivity index (χ2n) is 7.44. The number of pyridine rings is 1. The smallest absolute Gasteiger partial charge is 0.236 e. The number of anilines is 1. The first kappa shape index (κ1) is 21.2. The van der Waals surface area contributed by atoms with Gasteiger partial charge in [-0.3, -0.25) is 9.78 Å². The second-order valence-corrected chi connectivity index (χ2v) is 9.26. The monoisotopic (exact) mass is 413 g/mol. The quantitative estimate of drug-likeness (QED) is 0.726. The van der Waals surface area contributed by atoms with Crippen LogP contribution < -0.4 is 4.90 Å². The molecule has 3 rings (SSSR count). The molecule has 1 saturated heterocycles.